The van der Waals surface area contributed by atoms with Crippen LogP contribution in [0.15, 0.2) is 22.7 Å². The van der Waals surface area contributed by atoms with E-state index in [1.807, 2.05) is 0 Å². The van der Waals surface area contributed by atoms with Gasteiger partial charge in [0.2, 0.25) is 0 Å². The molecule has 1 aliphatic carbocycles. The highest BCUT2D eigenvalue weighted by atomic mass is 79.9. The molecule has 18 heavy (non-hydrogen) atoms. The van der Waals surface area contributed by atoms with Crippen LogP contribution in [0.5, 0.6) is 5.75 Å². The maximum atomic E-state index is 6.07. The van der Waals surface area contributed by atoms with Crippen LogP contribution >= 0.6 is 15.9 Å². The minimum absolute atomic E-state index is 0.504. The van der Waals surface area contributed by atoms with E-state index >= 15 is 0 Å². The molecule has 0 aliphatic heterocycles. The predicted octanol–water partition coefficient (Wildman–Crippen LogP) is 5.53. The van der Waals surface area contributed by atoms with Crippen molar-refractivity contribution in [2.75, 3.05) is 6.61 Å². The van der Waals surface area contributed by atoms with Crippen LogP contribution in [0.25, 0.3) is 0 Å². The Morgan fingerprint density at radius 3 is 2.61 bits per heavy atom. The van der Waals surface area contributed by atoms with Crippen molar-refractivity contribution < 1.29 is 4.74 Å². The van der Waals surface area contributed by atoms with Crippen LogP contribution in [0.1, 0.15) is 57.4 Å². The van der Waals surface area contributed by atoms with Gasteiger partial charge in [-0.05, 0) is 48.4 Å². The van der Waals surface area contributed by atoms with Gasteiger partial charge in [-0.1, -0.05) is 49.0 Å². The molecule has 1 aromatic rings. The highest BCUT2D eigenvalue weighted by Crippen LogP contribution is 2.31. The molecule has 1 saturated carbocycles. The number of hydrogen-bond acceptors (Lipinski definition) is 1. The lowest BCUT2D eigenvalue weighted by Gasteiger charge is -2.23. The summed E-state index contributed by atoms with van der Waals surface area (Å²) in [6.45, 7) is 5.33. The zero-order chi connectivity index (χ0) is 13.0. The maximum absolute atomic E-state index is 6.07. The Hall–Kier alpha value is -0.500. The summed E-state index contributed by atoms with van der Waals surface area (Å²) in [5.41, 5.74) is 1.31. The standard InChI is InChI=1S/C16H23BrO/c1-12(2)15-10-14(17)8-9-16(15)18-11-13-6-4-3-5-7-13/h8-10,12-13H,3-7,11H2,1-2H3. The number of ether oxygens (including phenoxy) is 1. The lowest BCUT2D eigenvalue weighted by atomic mass is 9.90. The van der Waals surface area contributed by atoms with E-state index in [9.17, 15) is 0 Å². The molecule has 1 fully saturated rings. The first-order chi connectivity index (χ1) is 8.66. The van der Waals surface area contributed by atoms with E-state index in [2.05, 4.69) is 48.0 Å². The summed E-state index contributed by atoms with van der Waals surface area (Å²) in [4.78, 5) is 0. The van der Waals surface area contributed by atoms with E-state index in [0.717, 1.165) is 22.7 Å². The fraction of sp³-hybridized carbons (Fsp3) is 0.625. The molecule has 1 nitrogen and oxygen atoms in total. The fourth-order valence-electron chi connectivity index (χ4n) is 2.66. The Morgan fingerprint density at radius 1 is 1.22 bits per heavy atom. The molecule has 0 heterocycles. The second kappa shape index (κ2) is 6.60. The molecule has 0 radical (unpaired) electrons. The summed E-state index contributed by atoms with van der Waals surface area (Å²) in [7, 11) is 0. The average Bonchev–Trinajstić information content (AvgIpc) is 2.38. The molecule has 0 aromatic heterocycles. The zero-order valence-electron chi connectivity index (χ0n) is 11.4. The molecule has 2 rings (SSSR count). The smallest absolute Gasteiger partial charge is 0.122 e. The van der Waals surface area contributed by atoms with Gasteiger partial charge in [0.15, 0.2) is 0 Å². The predicted molar refractivity (Wildman–Crippen MR) is 80.3 cm³/mol. The van der Waals surface area contributed by atoms with Crippen molar-refractivity contribution in [2.45, 2.75) is 51.9 Å². The number of hydrogen-bond donors (Lipinski definition) is 0. The summed E-state index contributed by atoms with van der Waals surface area (Å²) in [6, 6.07) is 6.35. The van der Waals surface area contributed by atoms with Gasteiger partial charge >= 0.3 is 0 Å². The third-order valence-electron chi connectivity index (χ3n) is 3.79. The molecule has 0 N–H and O–H groups in total. The summed E-state index contributed by atoms with van der Waals surface area (Å²) < 4.78 is 7.21. The van der Waals surface area contributed by atoms with E-state index in [4.69, 9.17) is 4.74 Å². The Labute approximate surface area is 119 Å². The van der Waals surface area contributed by atoms with Crippen LogP contribution in [0.2, 0.25) is 0 Å². The molecule has 2 heteroatoms. The van der Waals surface area contributed by atoms with Gasteiger partial charge < -0.3 is 4.74 Å². The molecule has 0 atom stereocenters. The SMILES string of the molecule is CC(C)c1cc(Br)ccc1OCC1CCCCC1. The van der Waals surface area contributed by atoms with Crippen LogP contribution in [-0.2, 0) is 0 Å². The third-order valence-corrected chi connectivity index (χ3v) is 4.29. The zero-order valence-corrected chi connectivity index (χ0v) is 13.0. The van der Waals surface area contributed by atoms with Crippen LogP contribution < -0.4 is 4.74 Å². The molecule has 0 spiro atoms. The van der Waals surface area contributed by atoms with Crippen LogP contribution in [0.3, 0.4) is 0 Å². The summed E-state index contributed by atoms with van der Waals surface area (Å²) in [5, 5.41) is 0. The van der Waals surface area contributed by atoms with Crippen molar-refractivity contribution in [1.82, 2.24) is 0 Å². The Balaban J connectivity index is 1.99. The second-order valence-corrected chi connectivity index (χ2v) is 6.57. The molecule has 0 amide bonds. The van der Waals surface area contributed by atoms with Crippen LogP contribution in [-0.4, -0.2) is 6.61 Å². The first-order valence-corrected chi connectivity index (χ1v) is 7.88. The van der Waals surface area contributed by atoms with Crippen molar-refractivity contribution >= 4 is 15.9 Å². The van der Waals surface area contributed by atoms with Gasteiger partial charge in [-0.2, -0.15) is 0 Å². The minimum atomic E-state index is 0.504. The molecule has 100 valence electrons. The fourth-order valence-corrected chi connectivity index (χ4v) is 3.04. The Bertz CT molecular complexity index is 381. The van der Waals surface area contributed by atoms with Crippen molar-refractivity contribution in [2.24, 2.45) is 5.92 Å². The van der Waals surface area contributed by atoms with Gasteiger partial charge in [0.1, 0.15) is 5.75 Å². The van der Waals surface area contributed by atoms with E-state index in [1.165, 1.54) is 37.7 Å². The maximum Gasteiger partial charge on any atom is 0.122 e. The van der Waals surface area contributed by atoms with Gasteiger partial charge in [-0.3, -0.25) is 0 Å². The summed E-state index contributed by atoms with van der Waals surface area (Å²) >= 11 is 3.54. The Kier molecular flexibility index (Phi) is 5.11. The van der Waals surface area contributed by atoms with Gasteiger partial charge in [-0.25, -0.2) is 0 Å². The van der Waals surface area contributed by atoms with E-state index in [0.29, 0.717) is 5.92 Å². The van der Waals surface area contributed by atoms with Crippen molar-refractivity contribution in [3.63, 3.8) is 0 Å². The molecule has 0 saturated heterocycles. The first-order valence-electron chi connectivity index (χ1n) is 7.09. The lowest BCUT2D eigenvalue weighted by molar-refractivity contribution is 0.207. The summed E-state index contributed by atoms with van der Waals surface area (Å²) in [6.07, 6.45) is 6.85. The number of rotatable bonds is 4. The van der Waals surface area contributed by atoms with Gasteiger partial charge in [-0.15, -0.1) is 0 Å². The minimum Gasteiger partial charge on any atom is -0.493 e. The summed E-state index contributed by atoms with van der Waals surface area (Å²) in [5.74, 6) is 2.34. The lowest BCUT2D eigenvalue weighted by Crippen LogP contribution is -2.15. The first kappa shape index (κ1) is 13.9. The highest BCUT2D eigenvalue weighted by Gasteiger charge is 2.15. The van der Waals surface area contributed by atoms with Gasteiger partial charge in [0, 0.05) is 4.47 Å². The highest BCUT2D eigenvalue weighted by molar-refractivity contribution is 9.10. The van der Waals surface area contributed by atoms with Crippen LogP contribution in [0, 0.1) is 5.92 Å². The van der Waals surface area contributed by atoms with Crippen molar-refractivity contribution in [3.05, 3.63) is 28.2 Å². The molecular formula is C16H23BrO. The largest absolute Gasteiger partial charge is 0.493 e. The van der Waals surface area contributed by atoms with E-state index in [-0.39, 0.29) is 0 Å². The van der Waals surface area contributed by atoms with Gasteiger partial charge in [0.05, 0.1) is 6.61 Å². The number of benzene rings is 1. The molecule has 1 aliphatic rings. The van der Waals surface area contributed by atoms with Crippen LogP contribution in [0.4, 0.5) is 0 Å². The van der Waals surface area contributed by atoms with Crippen molar-refractivity contribution in [3.8, 4) is 5.75 Å². The van der Waals surface area contributed by atoms with E-state index < -0.39 is 0 Å². The Morgan fingerprint density at radius 2 is 1.94 bits per heavy atom. The van der Waals surface area contributed by atoms with E-state index in [1.54, 1.807) is 0 Å². The molecule has 0 unspecified atom stereocenters. The third kappa shape index (κ3) is 3.74. The van der Waals surface area contributed by atoms with Crippen molar-refractivity contribution in [1.29, 1.82) is 0 Å². The normalized spacial score (nSPS) is 17.1. The topological polar surface area (TPSA) is 9.23 Å². The number of halogens is 1. The second-order valence-electron chi connectivity index (χ2n) is 5.65. The quantitative estimate of drug-likeness (QED) is 0.710. The molecule has 0 bridgehead atoms. The monoisotopic (exact) mass is 310 g/mol. The average molecular weight is 311 g/mol. The van der Waals surface area contributed by atoms with Gasteiger partial charge in [0.25, 0.3) is 0 Å². The molecule has 1 aromatic carbocycles. The molecular weight excluding hydrogens is 288 g/mol.